The Kier molecular flexibility index (Phi) is 5.06. The molecular formula is C15H20F2N2O. The smallest absolute Gasteiger partial charge is 0.238 e. The standard InChI is InChI=1S/C15H20F2N2O/c1-10-5-2-3-8-13(10)18-9-14(20)19-15-11(16)6-4-7-12(15)17/h4,6-7,10,13,18H,2-3,5,8-9H2,1H3,(H,19,20). The summed E-state index contributed by atoms with van der Waals surface area (Å²) in [6.07, 6.45) is 4.58. The predicted molar refractivity (Wildman–Crippen MR) is 74.4 cm³/mol. The molecule has 1 aliphatic rings. The minimum absolute atomic E-state index is 0.0722. The van der Waals surface area contributed by atoms with E-state index < -0.39 is 17.5 Å². The molecule has 0 heterocycles. The molecule has 2 atom stereocenters. The van der Waals surface area contributed by atoms with E-state index in [4.69, 9.17) is 0 Å². The van der Waals surface area contributed by atoms with Crippen LogP contribution in [-0.2, 0) is 4.79 Å². The third kappa shape index (κ3) is 3.76. The first-order chi connectivity index (χ1) is 9.58. The van der Waals surface area contributed by atoms with E-state index in [1.807, 2.05) is 0 Å². The molecule has 0 radical (unpaired) electrons. The van der Waals surface area contributed by atoms with Crippen LogP contribution in [-0.4, -0.2) is 18.5 Å². The lowest BCUT2D eigenvalue weighted by Gasteiger charge is -2.29. The van der Waals surface area contributed by atoms with Gasteiger partial charge in [-0.1, -0.05) is 25.8 Å². The SMILES string of the molecule is CC1CCCCC1NCC(=O)Nc1c(F)cccc1F. The van der Waals surface area contributed by atoms with Crippen LogP contribution in [0.4, 0.5) is 14.5 Å². The molecule has 1 aromatic rings. The molecule has 0 spiro atoms. The Morgan fingerprint density at radius 1 is 1.25 bits per heavy atom. The van der Waals surface area contributed by atoms with Gasteiger partial charge in [-0.25, -0.2) is 8.78 Å². The van der Waals surface area contributed by atoms with Crippen LogP contribution in [0.3, 0.4) is 0 Å². The van der Waals surface area contributed by atoms with Gasteiger partial charge < -0.3 is 10.6 Å². The molecule has 2 rings (SSSR count). The molecule has 2 unspecified atom stereocenters. The highest BCUT2D eigenvalue weighted by Gasteiger charge is 2.21. The zero-order chi connectivity index (χ0) is 14.5. The lowest BCUT2D eigenvalue weighted by atomic mass is 9.86. The number of para-hydroxylation sites is 1. The fourth-order valence-corrected chi connectivity index (χ4v) is 2.64. The van der Waals surface area contributed by atoms with Crippen molar-refractivity contribution in [3.05, 3.63) is 29.8 Å². The summed E-state index contributed by atoms with van der Waals surface area (Å²) in [4.78, 5) is 11.8. The highest BCUT2D eigenvalue weighted by Crippen LogP contribution is 2.23. The summed E-state index contributed by atoms with van der Waals surface area (Å²) in [5.41, 5.74) is -0.379. The van der Waals surface area contributed by atoms with E-state index in [1.165, 1.54) is 12.5 Å². The maximum absolute atomic E-state index is 13.4. The number of anilines is 1. The van der Waals surface area contributed by atoms with Crippen LogP contribution in [0.5, 0.6) is 0 Å². The fourth-order valence-electron chi connectivity index (χ4n) is 2.64. The van der Waals surface area contributed by atoms with Crippen molar-refractivity contribution in [3.63, 3.8) is 0 Å². The fraction of sp³-hybridized carbons (Fsp3) is 0.533. The molecule has 1 saturated carbocycles. The van der Waals surface area contributed by atoms with Gasteiger partial charge >= 0.3 is 0 Å². The normalized spacial score (nSPS) is 22.6. The van der Waals surface area contributed by atoms with Crippen LogP contribution in [0.25, 0.3) is 0 Å². The molecule has 1 fully saturated rings. The number of halogens is 2. The second kappa shape index (κ2) is 6.79. The van der Waals surface area contributed by atoms with Crippen LogP contribution < -0.4 is 10.6 Å². The third-order valence-electron chi connectivity index (χ3n) is 3.86. The zero-order valence-corrected chi connectivity index (χ0v) is 11.6. The van der Waals surface area contributed by atoms with E-state index in [-0.39, 0.29) is 12.2 Å². The van der Waals surface area contributed by atoms with Crippen molar-refractivity contribution in [2.45, 2.75) is 38.6 Å². The second-order valence-corrected chi connectivity index (χ2v) is 5.39. The number of carbonyl (C=O) groups excluding carboxylic acids is 1. The van der Waals surface area contributed by atoms with Gasteiger partial charge in [0.15, 0.2) is 0 Å². The number of nitrogens with one attached hydrogen (secondary N) is 2. The first-order valence-electron chi connectivity index (χ1n) is 7.05. The molecule has 20 heavy (non-hydrogen) atoms. The summed E-state index contributed by atoms with van der Waals surface area (Å²) >= 11 is 0. The minimum atomic E-state index is -0.760. The molecule has 0 bridgehead atoms. The second-order valence-electron chi connectivity index (χ2n) is 5.39. The average Bonchev–Trinajstić information content (AvgIpc) is 2.42. The summed E-state index contributed by atoms with van der Waals surface area (Å²) < 4.78 is 26.8. The molecular weight excluding hydrogens is 262 g/mol. The highest BCUT2D eigenvalue weighted by molar-refractivity contribution is 5.92. The summed E-state index contributed by atoms with van der Waals surface area (Å²) in [6.45, 7) is 2.23. The number of carbonyl (C=O) groups is 1. The molecule has 5 heteroatoms. The van der Waals surface area contributed by atoms with Crippen LogP contribution in [0.15, 0.2) is 18.2 Å². The van der Waals surface area contributed by atoms with Crippen molar-refractivity contribution in [3.8, 4) is 0 Å². The van der Waals surface area contributed by atoms with Crippen molar-refractivity contribution < 1.29 is 13.6 Å². The Labute approximate surface area is 117 Å². The Bertz CT molecular complexity index is 459. The van der Waals surface area contributed by atoms with Crippen molar-refractivity contribution in [1.29, 1.82) is 0 Å². The van der Waals surface area contributed by atoms with Crippen molar-refractivity contribution >= 4 is 11.6 Å². The van der Waals surface area contributed by atoms with E-state index in [9.17, 15) is 13.6 Å². The Morgan fingerprint density at radius 2 is 1.90 bits per heavy atom. The Balaban J connectivity index is 1.86. The lowest BCUT2D eigenvalue weighted by Crippen LogP contribution is -2.41. The number of hydrogen-bond acceptors (Lipinski definition) is 2. The molecule has 3 nitrogen and oxygen atoms in total. The van der Waals surface area contributed by atoms with Crippen molar-refractivity contribution in [2.75, 3.05) is 11.9 Å². The quantitative estimate of drug-likeness (QED) is 0.891. The molecule has 0 aliphatic heterocycles. The molecule has 0 saturated heterocycles. The number of amides is 1. The van der Waals surface area contributed by atoms with Crippen LogP contribution in [0.2, 0.25) is 0 Å². The van der Waals surface area contributed by atoms with Crippen molar-refractivity contribution in [1.82, 2.24) is 5.32 Å². The molecule has 2 N–H and O–H groups in total. The average molecular weight is 282 g/mol. The predicted octanol–water partition coefficient (Wildman–Crippen LogP) is 3.07. The maximum atomic E-state index is 13.4. The summed E-state index contributed by atoms with van der Waals surface area (Å²) in [5, 5.41) is 5.45. The first kappa shape index (κ1) is 14.9. The van der Waals surface area contributed by atoms with Crippen LogP contribution >= 0.6 is 0 Å². The van der Waals surface area contributed by atoms with Gasteiger partial charge in [0, 0.05) is 6.04 Å². The molecule has 1 aromatic carbocycles. The summed E-state index contributed by atoms with van der Waals surface area (Å²) in [7, 11) is 0. The first-order valence-corrected chi connectivity index (χ1v) is 7.05. The topological polar surface area (TPSA) is 41.1 Å². The van der Waals surface area contributed by atoms with Gasteiger partial charge in [-0.2, -0.15) is 0 Å². The van der Waals surface area contributed by atoms with Gasteiger partial charge in [0.1, 0.15) is 17.3 Å². The Hall–Kier alpha value is -1.49. The minimum Gasteiger partial charge on any atom is -0.320 e. The number of benzene rings is 1. The van der Waals surface area contributed by atoms with Crippen molar-refractivity contribution in [2.24, 2.45) is 5.92 Å². The summed E-state index contributed by atoms with van der Waals surface area (Å²) in [5.74, 6) is -1.41. The molecule has 1 amide bonds. The highest BCUT2D eigenvalue weighted by atomic mass is 19.1. The van der Waals surface area contributed by atoms with Gasteiger partial charge in [-0.05, 0) is 30.9 Å². The van der Waals surface area contributed by atoms with Crippen LogP contribution in [0, 0.1) is 17.6 Å². The van der Waals surface area contributed by atoms with Gasteiger partial charge in [0.05, 0.1) is 6.54 Å². The lowest BCUT2D eigenvalue weighted by molar-refractivity contribution is -0.115. The van der Waals surface area contributed by atoms with E-state index in [0.717, 1.165) is 31.4 Å². The monoisotopic (exact) mass is 282 g/mol. The van der Waals surface area contributed by atoms with Crippen LogP contribution in [0.1, 0.15) is 32.6 Å². The number of rotatable bonds is 4. The zero-order valence-electron chi connectivity index (χ0n) is 11.6. The van der Waals surface area contributed by atoms with E-state index in [1.54, 1.807) is 0 Å². The Morgan fingerprint density at radius 3 is 2.55 bits per heavy atom. The molecule has 0 aromatic heterocycles. The van der Waals surface area contributed by atoms with Gasteiger partial charge in [-0.15, -0.1) is 0 Å². The maximum Gasteiger partial charge on any atom is 0.238 e. The molecule has 1 aliphatic carbocycles. The number of hydrogen-bond donors (Lipinski definition) is 2. The largest absolute Gasteiger partial charge is 0.320 e. The van der Waals surface area contributed by atoms with Gasteiger partial charge in [0.25, 0.3) is 0 Å². The van der Waals surface area contributed by atoms with E-state index >= 15 is 0 Å². The van der Waals surface area contributed by atoms with Gasteiger partial charge in [-0.3, -0.25) is 4.79 Å². The van der Waals surface area contributed by atoms with Gasteiger partial charge in [0.2, 0.25) is 5.91 Å². The van der Waals surface area contributed by atoms with E-state index in [2.05, 4.69) is 17.6 Å². The summed E-state index contributed by atoms with van der Waals surface area (Å²) in [6, 6.07) is 3.81. The third-order valence-corrected chi connectivity index (χ3v) is 3.86. The van der Waals surface area contributed by atoms with E-state index in [0.29, 0.717) is 12.0 Å². The molecule has 110 valence electrons.